The average molecular weight is 423 g/mol. The summed E-state index contributed by atoms with van der Waals surface area (Å²) in [6, 6.07) is 13.9. The Morgan fingerprint density at radius 2 is 1.77 bits per heavy atom. The van der Waals surface area contributed by atoms with E-state index in [-0.39, 0.29) is 11.0 Å². The van der Waals surface area contributed by atoms with Crippen LogP contribution in [0, 0.1) is 17.3 Å². The summed E-state index contributed by atoms with van der Waals surface area (Å²) in [7, 11) is 1.57. The Morgan fingerprint density at radius 1 is 1.03 bits per heavy atom. The van der Waals surface area contributed by atoms with Crippen molar-refractivity contribution in [3.05, 3.63) is 81.5 Å². The standard InChI is InChI=1S/C24H23ClN2O3/c1-24(2,3)15-30-21-12-11-20(14-22(21)29-4)27-16-26-19(13-23(27)28)10-7-17-5-8-18(25)9-6-17/h5-6,8-9,11-14,16H,15H2,1-4H3. The van der Waals surface area contributed by atoms with Crippen molar-refractivity contribution in [3.8, 4) is 29.0 Å². The Bertz CT molecular complexity index is 1150. The molecule has 0 atom stereocenters. The van der Waals surface area contributed by atoms with E-state index in [1.807, 2.05) is 12.1 Å². The van der Waals surface area contributed by atoms with Crippen molar-refractivity contribution in [2.24, 2.45) is 5.41 Å². The number of ether oxygens (including phenoxy) is 2. The molecule has 3 rings (SSSR count). The van der Waals surface area contributed by atoms with Crippen LogP contribution < -0.4 is 15.0 Å². The summed E-state index contributed by atoms with van der Waals surface area (Å²) in [5.41, 5.74) is 1.60. The molecule has 154 valence electrons. The highest BCUT2D eigenvalue weighted by molar-refractivity contribution is 6.30. The molecular weight excluding hydrogens is 400 g/mol. The number of rotatable bonds is 4. The molecule has 3 aromatic rings. The predicted octanol–water partition coefficient (Wildman–Crippen LogP) is 4.72. The Kier molecular flexibility index (Phi) is 6.49. The molecular formula is C24H23ClN2O3. The molecule has 0 radical (unpaired) electrons. The summed E-state index contributed by atoms with van der Waals surface area (Å²) < 4.78 is 12.7. The Hall–Kier alpha value is -3.23. The zero-order chi connectivity index (χ0) is 21.7. The fourth-order valence-electron chi connectivity index (χ4n) is 2.55. The molecule has 1 aromatic heterocycles. The molecule has 0 spiro atoms. The van der Waals surface area contributed by atoms with E-state index in [4.69, 9.17) is 21.1 Å². The van der Waals surface area contributed by atoms with Gasteiger partial charge in [0.1, 0.15) is 12.0 Å². The lowest BCUT2D eigenvalue weighted by Gasteiger charge is -2.20. The molecule has 0 saturated carbocycles. The molecule has 0 fully saturated rings. The second-order valence-electron chi connectivity index (χ2n) is 7.92. The maximum Gasteiger partial charge on any atom is 0.259 e. The molecule has 0 aliphatic carbocycles. The number of benzene rings is 2. The average Bonchev–Trinajstić information content (AvgIpc) is 2.71. The maximum absolute atomic E-state index is 12.6. The van der Waals surface area contributed by atoms with Crippen LogP contribution in [0.25, 0.3) is 5.69 Å². The van der Waals surface area contributed by atoms with Gasteiger partial charge in [0, 0.05) is 22.7 Å². The molecule has 0 saturated heterocycles. The number of hydrogen-bond acceptors (Lipinski definition) is 4. The van der Waals surface area contributed by atoms with E-state index in [2.05, 4.69) is 37.6 Å². The van der Waals surface area contributed by atoms with Crippen LogP contribution in [0.15, 0.2) is 59.7 Å². The molecule has 0 bridgehead atoms. The fraction of sp³-hybridized carbons (Fsp3) is 0.250. The predicted molar refractivity (Wildman–Crippen MR) is 119 cm³/mol. The SMILES string of the molecule is COc1cc(-n2cnc(C#Cc3ccc(Cl)cc3)cc2=O)ccc1OCC(C)(C)C. The summed E-state index contributed by atoms with van der Waals surface area (Å²) in [5.74, 6) is 7.05. The van der Waals surface area contributed by atoms with Crippen molar-refractivity contribution < 1.29 is 9.47 Å². The van der Waals surface area contributed by atoms with Crippen molar-refractivity contribution >= 4 is 11.6 Å². The van der Waals surface area contributed by atoms with Gasteiger partial charge in [0.15, 0.2) is 11.5 Å². The molecule has 1 heterocycles. The quantitative estimate of drug-likeness (QED) is 0.571. The van der Waals surface area contributed by atoms with Gasteiger partial charge in [0.25, 0.3) is 5.56 Å². The second-order valence-corrected chi connectivity index (χ2v) is 8.36. The molecule has 0 amide bonds. The van der Waals surface area contributed by atoms with Crippen LogP contribution in [0.2, 0.25) is 5.02 Å². The van der Waals surface area contributed by atoms with Gasteiger partial charge in [-0.25, -0.2) is 4.98 Å². The van der Waals surface area contributed by atoms with Gasteiger partial charge in [0.2, 0.25) is 0 Å². The Morgan fingerprint density at radius 3 is 2.40 bits per heavy atom. The minimum Gasteiger partial charge on any atom is -0.493 e. The zero-order valence-corrected chi connectivity index (χ0v) is 18.2. The van der Waals surface area contributed by atoms with E-state index >= 15 is 0 Å². The smallest absolute Gasteiger partial charge is 0.259 e. The number of methoxy groups -OCH3 is 1. The summed E-state index contributed by atoms with van der Waals surface area (Å²) in [6.45, 7) is 6.83. The minimum absolute atomic E-state index is 0.0212. The summed E-state index contributed by atoms with van der Waals surface area (Å²) in [6.07, 6.45) is 1.46. The molecule has 0 aliphatic heterocycles. The number of nitrogens with zero attached hydrogens (tertiary/aromatic N) is 2. The number of hydrogen-bond donors (Lipinski definition) is 0. The van der Waals surface area contributed by atoms with Crippen molar-refractivity contribution in [1.82, 2.24) is 9.55 Å². The van der Waals surface area contributed by atoms with Gasteiger partial charge < -0.3 is 9.47 Å². The van der Waals surface area contributed by atoms with Crippen LogP contribution >= 0.6 is 11.6 Å². The van der Waals surface area contributed by atoms with Crippen LogP contribution in [-0.4, -0.2) is 23.3 Å². The molecule has 5 nitrogen and oxygen atoms in total. The van der Waals surface area contributed by atoms with Crippen molar-refractivity contribution in [2.75, 3.05) is 13.7 Å². The lowest BCUT2D eigenvalue weighted by molar-refractivity contribution is 0.191. The molecule has 6 heteroatoms. The molecule has 0 N–H and O–H groups in total. The monoisotopic (exact) mass is 422 g/mol. The third-order valence-corrected chi connectivity index (χ3v) is 4.33. The van der Waals surface area contributed by atoms with Gasteiger partial charge in [-0.15, -0.1) is 0 Å². The van der Waals surface area contributed by atoms with Crippen LogP contribution in [0.5, 0.6) is 11.5 Å². The third kappa shape index (κ3) is 5.65. The normalized spacial score (nSPS) is 10.8. The summed E-state index contributed by atoms with van der Waals surface area (Å²) in [4.78, 5) is 16.9. The van der Waals surface area contributed by atoms with Crippen LogP contribution in [0.1, 0.15) is 32.0 Å². The lowest BCUT2D eigenvalue weighted by atomic mass is 9.99. The highest BCUT2D eigenvalue weighted by Gasteiger charge is 2.14. The van der Waals surface area contributed by atoms with Crippen LogP contribution in [-0.2, 0) is 0 Å². The van der Waals surface area contributed by atoms with E-state index in [9.17, 15) is 4.79 Å². The first-order valence-corrected chi connectivity index (χ1v) is 9.80. The second kappa shape index (κ2) is 9.06. The largest absolute Gasteiger partial charge is 0.493 e. The van der Waals surface area contributed by atoms with Gasteiger partial charge in [-0.05, 0) is 47.7 Å². The third-order valence-electron chi connectivity index (χ3n) is 4.08. The minimum atomic E-state index is -0.240. The highest BCUT2D eigenvalue weighted by Crippen LogP contribution is 2.30. The van der Waals surface area contributed by atoms with E-state index in [1.165, 1.54) is 17.0 Å². The van der Waals surface area contributed by atoms with E-state index in [0.29, 0.717) is 34.5 Å². The first-order valence-electron chi connectivity index (χ1n) is 9.43. The number of aromatic nitrogens is 2. The molecule has 0 aliphatic rings. The van der Waals surface area contributed by atoms with Gasteiger partial charge in [-0.1, -0.05) is 38.3 Å². The number of halogens is 1. The van der Waals surface area contributed by atoms with Gasteiger partial charge in [0.05, 0.1) is 19.4 Å². The van der Waals surface area contributed by atoms with Crippen LogP contribution in [0.3, 0.4) is 0 Å². The maximum atomic E-state index is 12.6. The zero-order valence-electron chi connectivity index (χ0n) is 17.4. The summed E-state index contributed by atoms with van der Waals surface area (Å²) >= 11 is 5.87. The summed E-state index contributed by atoms with van der Waals surface area (Å²) in [5, 5.41) is 0.645. The Balaban J connectivity index is 1.84. The van der Waals surface area contributed by atoms with Crippen molar-refractivity contribution in [1.29, 1.82) is 0 Å². The van der Waals surface area contributed by atoms with Gasteiger partial charge >= 0.3 is 0 Å². The van der Waals surface area contributed by atoms with Gasteiger partial charge in [-0.2, -0.15) is 0 Å². The molecule has 2 aromatic carbocycles. The fourth-order valence-corrected chi connectivity index (χ4v) is 2.68. The topological polar surface area (TPSA) is 53.4 Å². The lowest BCUT2D eigenvalue weighted by Crippen LogP contribution is -2.19. The van der Waals surface area contributed by atoms with Gasteiger partial charge in [-0.3, -0.25) is 9.36 Å². The first-order chi connectivity index (χ1) is 14.2. The first kappa shape index (κ1) is 21.5. The highest BCUT2D eigenvalue weighted by atomic mass is 35.5. The molecule has 0 unspecified atom stereocenters. The molecule has 30 heavy (non-hydrogen) atoms. The Labute approximate surface area is 181 Å². The van der Waals surface area contributed by atoms with E-state index in [1.54, 1.807) is 37.4 Å². The van der Waals surface area contributed by atoms with Crippen molar-refractivity contribution in [3.63, 3.8) is 0 Å². The van der Waals surface area contributed by atoms with Crippen LogP contribution in [0.4, 0.5) is 0 Å². The van der Waals surface area contributed by atoms with E-state index in [0.717, 1.165) is 5.56 Å². The van der Waals surface area contributed by atoms with E-state index < -0.39 is 0 Å². The van der Waals surface area contributed by atoms with Crippen molar-refractivity contribution in [2.45, 2.75) is 20.8 Å².